The molecule has 0 spiro atoms. The van der Waals surface area contributed by atoms with Crippen LogP contribution in [0.4, 0.5) is 10.2 Å². The van der Waals surface area contributed by atoms with Gasteiger partial charge in [0.15, 0.2) is 5.82 Å². The maximum Gasteiger partial charge on any atom is 0.228 e. The molecule has 1 aliphatic carbocycles. The number of benzene rings is 1. The molecule has 1 amide bonds. The van der Waals surface area contributed by atoms with Gasteiger partial charge in [0.1, 0.15) is 17.4 Å². The number of halogens is 1. The van der Waals surface area contributed by atoms with Crippen molar-refractivity contribution >= 4 is 11.7 Å². The number of amides is 1. The zero-order chi connectivity index (χ0) is 16.2. The highest BCUT2D eigenvalue weighted by Gasteiger charge is 2.23. The van der Waals surface area contributed by atoms with Gasteiger partial charge in [-0.05, 0) is 37.1 Å². The van der Waals surface area contributed by atoms with Gasteiger partial charge < -0.3 is 5.32 Å². The van der Waals surface area contributed by atoms with Gasteiger partial charge in [-0.1, -0.05) is 19.3 Å². The molecule has 5 nitrogen and oxygen atoms in total. The minimum absolute atomic E-state index is 0.0214. The fourth-order valence-electron chi connectivity index (χ4n) is 2.91. The Bertz CT molecular complexity index is 739. The standard InChI is InChI=1S/C17H17FN4O/c18-14-6-8-15(9-7-14)22-16(13(10-19)11-20-22)21-17(23)12-4-2-1-3-5-12/h6-9,11-12H,1-5H2,(H,21,23). The molecule has 0 aliphatic heterocycles. The van der Waals surface area contributed by atoms with E-state index in [9.17, 15) is 14.4 Å². The fraction of sp³-hybridized carbons (Fsp3) is 0.353. The maximum absolute atomic E-state index is 13.1. The van der Waals surface area contributed by atoms with Gasteiger partial charge in [0, 0.05) is 5.92 Å². The van der Waals surface area contributed by atoms with Crippen LogP contribution in [-0.2, 0) is 4.79 Å². The zero-order valence-corrected chi connectivity index (χ0v) is 12.6. The van der Waals surface area contributed by atoms with E-state index in [-0.39, 0.29) is 17.6 Å². The number of anilines is 1. The van der Waals surface area contributed by atoms with E-state index < -0.39 is 0 Å². The summed E-state index contributed by atoms with van der Waals surface area (Å²) in [4.78, 5) is 12.4. The third-order valence-corrected chi connectivity index (χ3v) is 4.18. The molecule has 0 radical (unpaired) electrons. The number of rotatable bonds is 3. The SMILES string of the molecule is N#Cc1cnn(-c2ccc(F)cc2)c1NC(=O)C1CCCCC1. The number of carbonyl (C=O) groups is 1. The van der Waals surface area contributed by atoms with Crippen molar-refractivity contribution in [2.24, 2.45) is 5.92 Å². The molecule has 1 aromatic carbocycles. The van der Waals surface area contributed by atoms with Crippen molar-refractivity contribution in [1.82, 2.24) is 9.78 Å². The summed E-state index contributed by atoms with van der Waals surface area (Å²) < 4.78 is 14.5. The van der Waals surface area contributed by atoms with Crippen molar-refractivity contribution in [2.45, 2.75) is 32.1 Å². The van der Waals surface area contributed by atoms with Gasteiger partial charge in [0.05, 0.1) is 11.9 Å². The van der Waals surface area contributed by atoms with Crippen LogP contribution in [0.15, 0.2) is 30.5 Å². The van der Waals surface area contributed by atoms with Gasteiger partial charge in [-0.15, -0.1) is 0 Å². The summed E-state index contributed by atoms with van der Waals surface area (Å²) >= 11 is 0. The van der Waals surface area contributed by atoms with Gasteiger partial charge in [-0.3, -0.25) is 4.79 Å². The van der Waals surface area contributed by atoms with E-state index in [1.165, 1.54) is 29.4 Å². The van der Waals surface area contributed by atoms with E-state index in [0.717, 1.165) is 25.7 Å². The molecule has 0 bridgehead atoms. The summed E-state index contributed by atoms with van der Waals surface area (Å²) in [5.41, 5.74) is 0.880. The molecule has 0 saturated heterocycles. The predicted octanol–water partition coefficient (Wildman–Crippen LogP) is 3.40. The Morgan fingerprint density at radius 3 is 2.61 bits per heavy atom. The molecule has 1 aliphatic rings. The first-order chi connectivity index (χ1) is 11.2. The quantitative estimate of drug-likeness (QED) is 0.944. The number of nitrogens with one attached hydrogen (secondary N) is 1. The Kier molecular flexibility index (Phi) is 4.38. The summed E-state index contributed by atoms with van der Waals surface area (Å²) in [6, 6.07) is 7.77. The number of hydrogen-bond donors (Lipinski definition) is 1. The maximum atomic E-state index is 13.1. The Balaban J connectivity index is 1.88. The zero-order valence-electron chi connectivity index (χ0n) is 12.6. The fourth-order valence-corrected chi connectivity index (χ4v) is 2.91. The third kappa shape index (κ3) is 3.24. The van der Waals surface area contributed by atoms with E-state index in [2.05, 4.69) is 10.4 Å². The third-order valence-electron chi connectivity index (χ3n) is 4.18. The lowest BCUT2D eigenvalue weighted by Gasteiger charge is -2.21. The monoisotopic (exact) mass is 312 g/mol. The van der Waals surface area contributed by atoms with Gasteiger partial charge >= 0.3 is 0 Å². The summed E-state index contributed by atoms with van der Waals surface area (Å²) in [7, 11) is 0. The molecular weight excluding hydrogens is 295 g/mol. The van der Waals surface area contributed by atoms with Crippen LogP contribution in [0, 0.1) is 23.1 Å². The van der Waals surface area contributed by atoms with E-state index >= 15 is 0 Å². The topological polar surface area (TPSA) is 70.7 Å². The van der Waals surface area contributed by atoms with Crippen molar-refractivity contribution < 1.29 is 9.18 Å². The molecule has 118 valence electrons. The highest BCUT2D eigenvalue weighted by atomic mass is 19.1. The highest BCUT2D eigenvalue weighted by molar-refractivity contribution is 5.93. The highest BCUT2D eigenvalue weighted by Crippen LogP contribution is 2.26. The van der Waals surface area contributed by atoms with Crippen LogP contribution in [0.2, 0.25) is 0 Å². The Morgan fingerprint density at radius 1 is 1.26 bits per heavy atom. The molecule has 23 heavy (non-hydrogen) atoms. The molecule has 1 saturated carbocycles. The number of hydrogen-bond acceptors (Lipinski definition) is 3. The molecule has 6 heteroatoms. The minimum atomic E-state index is -0.353. The molecule has 1 heterocycles. The van der Waals surface area contributed by atoms with Crippen molar-refractivity contribution in [2.75, 3.05) is 5.32 Å². The molecular formula is C17H17FN4O. The Hall–Kier alpha value is -2.68. The Labute approximate surface area is 133 Å². The lowest BCUT2D eigenvalue weighted by molar-refractivity contribution is -0.120. The number of nitrogens with zero attached hydrogens (tertiary/aromatic N) is 3. The number of nitriles is 1. The molecule has 1 fully saturated rings. The second-order valence-corrected chi connectivity index (χ2v) is 5.73. The van der Waals surface area contributed by atoms with Crippen LogP contribution in [0.5, 0.6) is 0 Å². The smallest absolute Gasteiger partial charge is 0.228 e. The average molecular weight is 312 g/mol. The van der Waals surface area contributed by atoms with E-state index in [1.54, 1.807) is 12.1 Å². The average Bonchev–Trinajstić information content (AvgIpc) is 2.99. The van der Waals surface area contributed by atoms with E-state index in [4.69, 9.17) is 0 Å². The summed E-state index contributed by atoms with van der Waals surface area (Å²) in [5.74, 6) is -0.110. The molecule has 1 aromatic heterocycles. The van der Waals surface area contributed by atoms with Crippen molar-refractivity contribution in [3.8, 4) is 11.8 Å². The van der Waals surface area contributed by atoms with Crippen LogP contribution in [-0.4, -0.2) is 15.7 Å². The van der Waals surface area contributed by atoms with Gasteiger partial charge in [-0.25, -0.2) is 9.07 Å². The molecule has 0 atom stereocenters. The molecule has 2 aromatic rings. The van der Waals surface area contributed by atoms with Crippen LogP contribution in [0.3, 0.4) is 0 Å². The van der Waals surface area contributed by atoms with E-state index in [1.807, 2.05) is 6.07 Å². The van der Waals surface area contributed by atoms with Gasteiger partial charge in [0.25, 0.3) is 0 Å². The first-order valence-electron chi connectivity index (χ1n) is 7.74. The first kappa shape index (κ1) is 15.2. The van der Waals surface area contributed by atoms with E-state index in [0.29, 0.717) is 17.1 Å². The summed E-state index contributed by atoms with van der Waals surface area (Å²) in [5, 5.41) is 16.2. The second kappa shape index (κ2) is 6.61. The van der Waals surface area contributed by atoms with Crippen LogP contribution >= 0.6 is 0 Å². The predicted molar refractivity (Wildman–Crippen MR) is 83.4 cm³/mol. The largest absolute Gasteiger partial charge is 0.309 e. The summed E-state index contributed by atoms with van der Waals surface area (Å²) in [6.07, 6.45) is 6.43. The number of aromatic nitrogens is 2. The van der Waals surface area contributed by atoms with Gasteiger partial charge in [0.2, 0.25) is 5.91 Å². The second-order valence-electron chi connectivity index (χ2n) is 5.73. The van der Waals surface area contributed by atoms with Crippen LogP contribution in [0.1, 0.15) is 37.7 Å². The first-order valence-corrected chi connectivity index (χ1v) is 7.74. The van der Waals surface area contributed by atoms with Crippen LogP contribution < -0.4 is 5.32 Å². The lowest BCUT2D eigenvalue weighted by Crippen LogP contribution is -2.26. The Morgan fingerprint density at radius 2 is 1.96 bits per heavy atom. The molecule has 1 N–H and O–H groups in total. The molecule has 0 unspecified atom stereocenters. The minimum Gasteiger partial charge on any atom is -0.309 e. The lowest BCUT2D eigenvalue weighted by atomic mass is 9.88. The van der Waals surface area contributed by atoms with Crippen molar-refractivity contribution in [3.05, 3.63) is 41.8 Å². The molecule has 3 rings (SSSR count). The normalized spacial score (nSPS) is 15.1. The van der Waals surface area contributed by atoms with Crippen LogP contribution in [0.25, 0.3) is 5.69 Å². The van der Waals surface area contributed by atoms with Crippen molar-refractivity contribution in [1.29, 1.82) is 5.26 Å². The summed E-state index contributed by atoms with van der Waals surface area (Å²) in [6.45, 7) is 0. The van der Waals surface area contributed by atoms with Gasteiger partial charge in [-0.2, -0.15) is 10.4 Å². The van der Waals surface area contributed by atoms with Crippen molar-refractivity contribution in [3.63, 3.8) is 0 Å². The number of carbonyl (C=O) groups excluding carboxylic acids is 1.